The lowest BCUT2D eigenvalue weighted by molar-refractivity contribution is -0.133. The predicted octanol–water partition coefficient (Wildman–Crippen LogP) is 1.74. The second kappa shape index (κ2) is 9.20. The minimum Gasteiger partial charge on any atom is -0.494 e. The smallest absolute Gasteiger partial charge is 0.325 e. The molecule has 33 heavy (non-hydrogen) atoms. The maximum atomic E-state index is 13.0. The second-order valence-corrected chi connectivity index (χ2v) is 9.92. The zero-order valence-electron chi connectivity index (χ0n) is 18.8. The van der Waals surface area contributed by atoms with Crippen molar-refractivity contribution in [1.82, 2.24) is 14.5 Å². The zero-order chi connectivity index (χ0) is 24.4. The van der Waals surface area contributed by atoms with Crippen LogP contribution in [0.5, 0.6) is 5.75 Å². The van der Waals surface area contributed by atoms with Crippen LogP contribution < -0.4 is 15.4 Å². The summed E-state index contributed by atoms with van der Waals surface area (Å²) in [5.74, 6) is -0.515. The molecule has 10 nitrogen and oxygen atoms in total. The molecule has 0 saturated carbocycles. The van der Waals surface area contributed by atoms with E-state index in [1.807, 2.05) is 6.92 Å². The first kappa shape index (κ1) is 24.2. The first-order chi connectivity index (χ1) is 15.5. The van der Waals surface area contributed by atoms with E-state index in [0.29, 0.717) is 23.6 Å². The van der Waals surface area contributed by atoms with E-state index in [1.165, 1.54) is 38.4 Å². The fourth-order valence-electron chi connectivity index (χ4n) is 3.35. The summed E-state index contributed by atoms with van der Waals surface area (Å²) < 4.78 is 30.8. The van der Waals surface area contributed by atoms with Gasteiger partial charge in [0.1, 0.15) is 17.8 Å². The van der Waals surface area contributed by atoms with Gasteiger partial charge < -0.3 is 15.4 Å². The summed E-state index contributed by atoms with van der Waals surface area (Å²) in [6.45, 7) is 3.45. The van der Waals surface area contributed by atoms with E-state index in [2.05, 4.69) is 10.6 Å². The number of nitrogens with zero attached hydrogens (tertiary/aromatic N) is 2. The Balaban J connectivity index is 1.69. The van der Waals surface area contributed by atoms with Crippen LogP contribution in [-0.4, -0.2) is 62.7 Å². The Morgan fingerprint density at radius 3 is 2.24 bits per heavy atom. The van der Waals surface area contributed by atoms with Crippen LogP contribution in [0.3, 0.4) is 0 Å². The lowest BCUT2D eigenvalue weighted by atomic mass is 9.92. The number of urea groups is 1. The third-order valence-corrected chi connectivity index (χ3v) is 7.07. The van der Waals surface area contributed by atoms with E-state index in [1.54, 1.807) is 31.2 Å². The Bertz CT molecular complexity index is 1160. The third-order valence-electron chi connectivity index (χ3n) is 5.24. The molecule has 1 aliphatic rings. The highest BCUT2D eigenvalue weighted by molar-refractivity contribution is 7.89. The lowest BCUT2D eigenvalue weighted by Crippen LogP contribution is -2.42. The topological polar surface area (TPSA) is 125 Å². The van der Waals surface area contributed by atoms with Crippen molar-refractivity contribution >= 4 is 33.6 Å². The number of rotatable bonds is 8. The SMILES string of the molecule is CCOc1ccc([C@@]2(C)NC(=O)N(CC(=O)Nc3ccc(S(=O)(=O)N(C)C)cc3)C2=O)cc1. The number of carbonyl (C=O) groups excluding carboxylic acids is 3. The molecular formula is C22H26N4O6S. The third kappa shape index (κ3) is 4.83. The number of amides is 4. The Morgan fingerprint density at radius 2 is 1.70 bits per heavy atom. The van der Waals surface area contributed by atoms with Crippen molar-refractivity contribution in [1.29, 1.82) is 0 Å². The minimum atomic E-state index is -3.59. The van der Waals surface area contributed by atoms with Gasteiger partial charge in [-0.2, -0.15) is 0 Å². The van der Waals surface area contributed by atoms with Gasteiger partial charge in [-0.3, -0.25) is 14.5 Å². The second-order valence-electron chi connectivity index (χ2n) is 7.76. The molecule has 2 N–H and O–H groups in total. The Labute approximate surface area is 192 Å². The van der Waals surface area contributed by atoms with E-state index >= 15 is 0 Å². The fourth-order valence-corrected chi connectivity index (χ4v) is 4.25. The Morgan fingerprint density at radius 1 is 1.09 bits per heavy atom. The van der Waals surface area contributed by atoms with Gasteiger partial charge in [-0.25, -0.2) is 17.5 Å². The van der Waals surface area contributed by atoms with Gasteiger partial charge >= 0.3 is 6.03 Å². The van der Waals surface area contributed by atoms with Gasteiger partial charge in [-0.05, 0) is 55.8 Å². The zero-order valence-corrected chi connectivity index (χ0v) is 19.6. The molecular weight excluding hydrogens is 448 g/mol. The highest BCUT2D eigenvalue weighted by Gasteiger charge is 2.49. The number of carbonyl (C=O) groups is 3. The van der Waals surface area contributed by atoms with E-state index < -0.39 is 40.0 Å². The lowest BCUT2D eigenvalue weighted by Gasteiger charge is -2.22. The van der Waals surface area contributed by atoms with Gasteiger partial charge in [0.2, 0.25) is 15.9 Å². The van der Waals surface area contributed by atoms with Gasteiger partial charge in [-0.1, -0.05) is 12.1 Å². The van der Waals surface area contributed by atoms with Crippen LogP contribution in [-0.2, 0) is 25.2 Å². The molecule has 2 aromatic carbocycles. The Kier molecular flexibility index (Phi) is 6.75. The van der Waals surface area contributed by atoms with Gasteiger partial charge in [0, 0.05) is 19.8 Å². The molecule has 0 bridgehead atoms. The molecule has 0 unspecified atom stereocenters. The maximum absolute atomic E-state index is 13.0. The molecule has 176 valence electrons. The molecule has 2 aromatic rings. The largest absolute Gasteiger partial charge is 0.494 e. The number of ether oxygens (including phenoxy) is 1. The number of hydrogen-bond acceptors (Lipinski definition) is 6. The molecule has 1 fully saturated rings. The van der Waals surface area contributed by atoms with Crippen LogP contribution in [0.4, 0.5) is 10.5 Å². The summed E-state index contributed by atoms with van der Waals surface area (Å²) in [7, 11) is -0.752. The minimum absolute atomic E-state index is 0.0747. The van der Waals surface area contributed by atoms with Crippen molar-refractivity contribution < 1.29 is 27.5 Å². The summed E-state index contributed by atoms with van der Waals surface area (Å²) in [6, 6.07) is 11.7. The molecule has 11 heteroatoms. The van der Waals surface area contributed by atoms with Crippen LogP contribution >= 0.6 is 0 Å². The van der Waals surface area contributed by atoms with Gasteiger partial charge in [0.15, 0.2) is 0 Å². The maximum Gasteiger partial charge on any atom is 0.325 e. The van der Waals surface area contributed by atoms with Gasteiger partial charge in [0.05, 0.1) is 11.5 Å². The molecule has 1 aliphatic heterocycles. The highest BCUT2D eigenvalue weighted by atomic mass is 32.2. The van der Waals surface area contributed by atoms with Crippen LogP contribution in [0.2, 0.25) is 0 Å². The van der Waals surface area contributed by atoms with E-state index in [4.69, 9.17) is 4.74 Å². The quantitative estimate of drug-likeness (QED) is 0.562. The molecule has 0 radical (unpaired) electrons. The number of sulfonamides is 1. The van der Waals surface area contributed by atoms with Crippen molar-refractivity contribution in [2.24, 2.45) is 0 Å². The molecule has 1 atom stereocenters. The molecule has 3 rings (SSSR count). The van der Waals surface area contributed by atoms with Crippen LogP contribution in [0.1, 0.15) is 19.4 Å². The molecule has 0 aliphatic carbocycles. The van der Waals surface area contributed by atoms with Crippen molar-refractivity contribution in [2.75, 3.05) is 32.6 Å². The van der Waals surface area contributed by atoms with E-state index in [0.717, 1.165) is 9.21 Å². The molecule has 0 aromatic heterocycles. The Hall–Kier alpha value is -3.44. The van der Waals surface area contributed by atoms with E-state index in [9.17, 15) is 22.8 Å². The first-order valence-electron chi connectivity index (χ1n) is 10.2. The van der Waals surface area contributed by atoms with Crippen molar-refractivity contribution in [2.45, 2.75) is 24.3 Å². The van der Waals surface area contributed by atoms with Gasteiger partial charge in [0.25, 0.3) is 5.91 Å². The van der Waals surface area contributed by atoms with Crippen LogP contribution in [0, 0.1) is 0 Å². The standard InChI is InChI=1S/C22H26N4O6S/c1-5-32-17-10-6-15(7-11-17)22(2)20(28)26(21(29)24-22)14-19(27)23-16-8-12-18(13-9-16)33(30,31)25(3)4/h6-13H,5,14H2,1-4H3,(H,23,27)(H,24,29)/t22-/m1/s1. The first-order valence-corrected chi connectivity index (χ1v) is 11.6. The van der Waals surface area contributed by atoms with Gasteiger partial charge in [-0.15, -0.1) is 0 Å². The summed E-state index contributed by atoms with van der Waals surface area (Å²) in [5.41, 5.74) is -0.423. The molecule has 1 saturated heterocycles. The van der Waals surface area contributed by atoms with Crippen molar-refractivity contribution in [3.05, 3.63) is 54.1 Å². The van der Waals surface area contributed by atoms with Crippen LogP contribution in [0.25, 0.3) is 0 Å². The van der Waals surface area contributed by atoms with Crippen molar-refractivity contribution in [3.8, 4) is 5.75 Å². The number of anilines is 1. The van der Waals surface area contributed by atoms with E-state index in [-0.39, 0.29) is 4.90 Å². The van der Waals surface area contributed by atoms with Crippen LogP contribution in [0.15, 0.2) is 53.4 Å². The molecule has 1 heterocycles. The average molecular weight is 475 g/mol. The molecule has 0 spiro atoms. The highest BCUT2D eigenvalue weighted by Crippen LogP contribution is 2.30. The number of imide groups is 1. The van der Waals surface area contributed by atoms with Crippen molar-refractivity contribution in [3.63, 3.8) is 0 Å². The number of nitrogens with one attached hydrogen (secondary N) is 2. The average Bonchev–Trinajstić information content (AvgIpc) is 2.98. The summed E-state index contributed by atoms with van der Waals surface area (Å²) in [6.07, 6.45) is 0. The fraction of sp³-hybridized carbons (Fsp3) is 0.318. The predicted molar refractivity (Wildman–Crippen MR) is 121 cm³/mol. The molecule has 4 amide bonds. The monoisotopic (exact) mass is 474 g/mol. The number of benzene rings is 2. The number of hydrogen-bond donors (Lipinski definition) is 2. The summed E-state index contributed by atoms with van der Waals surface area (Å²) in [5, 5.41) is 5.22. The normalized spacial score (nSPS) is 18.4. The summed E-state index contributed by atoms with van der Waals surface area (Å²) >= 11 is 0. The summed E-state index contributed by atoms with van der Waals surface area (Å²) in [4.78, 5) is 38.9.